The molecule has 2 heteroatoms. The van der Waals surface area contributed by atoms with Crippen LogP contribution in [0, 0.1) is 11.8 Å². The summed E-state index contributed by atoms with van der Waals surface area (Å²) in [5.41, 5.74) is 1.03. The molecule has 0 spiro atoms. The van der Waals surface area contributed by atoms with E-state index in [0.29, 0.717) is 11.8 Å². The maximum Gasteiger partial charge on any atom is 0.128 e. The summed E-state index contributed by atoms with van der Waals surface area (Å²) < 4.78 is 0. The van der Waals surface area contributed by atoms with Crippen LogP contribution < -0.4 is 5.32 Å². The van der Waals surface area contributed by atoms with E-state index < -0.39 is 0 Å². The van der Waals surface area contributed by atoms with E-state index in [1.807, 2.05) is 24.3 Å². The van der Waals surface area contributed by atoms with Gasteiger partial charge in [0.2, 0.25) is 0 Å². The number of phenolic OH excluding ortho intramolecular Hbond substituents is 1. The molecule has 2 aromatic carbocycles. The fourth-order valence-corrected chi connectivity index (χ4v) is 3.57. The van der Waals surface area contributed by atoms with Crippen LogP contribution in [0.3, 0.4) is 0 Å². The van der Waals surface area contributed by atoms with Crippen molar-refractivity contribution < 1.29 is 5.11 Å². The molecule has 0 heterocycles. The highest BCUT2D eigenvalue weighted by atomic mass is 16.3. The van der Waals surface area contributed by atoms with Gasteiger partial charge in [0.15, 0.2) is 0 Å². The number of hydrogen-bond donors (Lipinski definition) is 2. The molecule has 0 amide bonds. The van der Waals surface area contributed by atoms with Crippen LogP contribution in [0.2, 0.25) is 0 Å². The number of fused-ring (bicyclic) bond motifs is 1. The summed E-state index contributed by atoms with van der Waals surface area (Å²) >= 11 is 0. The topological polar surface area (TPSA) is 32.3 Å². The monoisotopic (exact) mass is 281 g/mol. The summed E-state index contributed by atoms with van der Waals surface area (Å²) in [6.07, 6.45) is 5.52. The van der Waals surface area contributed by atoms with Crippen molar-refractivity contribution in [3.05, 3.63) is 42.0 Å². The van der Waals surface area contributed by atoms with E-state index in [-0.39, 0.29) is 6.04 Å². The van der Waals surface area contributed by atoms with Crippen LogP contribution in [-0.4, -0.2) is 11.1 Å². The molecule has 110 valence electrons. The lowest BCUT2D eigenvalue weighted by Gasteiger charge is -2.24. The van der Waals surface area contributed by atoms with Crippen molar-refractivity contribution in [2.45, 2.75) is 44.7 Å². The van der Waals surface area contributed by atoms with Crippen molar-refractivity contribution >= 4 is 10.8 Å². The van der Waals surface area contributed by atoms with Crippen molar-refractivity contribution in [1.82, 2.24) is 5.32 Å². The third-order valence-corrected chi connectivity index (χ3v) is 5.10. The lowest BCUT2D eigenvalue weighted by Crippen LogP contribution is -2.35. The van der Waals surface area contributed by atoms with E-state index in [2.05, 4.69) is 24.4 Å². The average Bonchev–Trinajstić information content (AvgIpc) is 3.39. The Labute approximate surface area is 126 Å². The highest BCUT2D eigenvalue weighted by Crippen LogP contribution is 2.45. The minimum absolute atomic E-state index is 0.209. The van der Waals surface area contributed by atoms with Gasteiger partial charge in [-0.25, -0.2) is 0 Å². The van der Waals surface area contributed by atoms with Crippen molar-refractivity contribution in [2.75, 3.05) is 0 Å². The molecule has 2 aromatic rings. The maximum absolute atomic E-state index is 10.6. The summed E-state index contributed by atoms with van der Waals surface area (Å²) in [6, 6.07) is 13.1. The van der Waals surface area contributed by atoms with Crippen LogP contribution in [0.15, 0.2) is 36.4 Å². The Bertz CT molecular complexity index is 646. The SMILES string of the molecule is CC(NC(C1CC1)C1CC1)c1ccc2ccccc2c1O. The summed E-state index contributed by atoms with van der Waals surface area (Å²) in [7, 11) is 0. The largest absolute Gasteiger partial charge is 0.507 e. The lowest BCUT2D eigenvalue weighted by molar-refractivity contribution is 0.369. The van der Waals surface area contributed by atoms with Gasteiger partial charge in [0.1, 0.15) is 5.75 Å². The minimum atomic E-state index is 0.209. The first-order chi connectivity index (χ1) is 10.2. The Kier molecular flexibility index (Phi) is 3.15. The second-order valence-electron chi connectivity index (χ2n) is 6.81. The molecule has 21 heavy (non-hydrogen) atoms. The molecule has 0 aliphatic heterocycles. The van der Waals surface area contributed by atoms with E-state index in [9.17, 15) is 5.11 Å². The molecule has 2 nitrogen and oxygen atoms in total. The van der Waals surface area contributed by atoms with E-state index in [0.717, 1.165) is 28.2 Å². The summed E-state index contributed by atoms with van der Waals surface area (Å²) in [5.74, 6) is 2.20. The van der Waals surface area contributed by atoms with Gasteiger partial charge in [-0.2, -0.15) is 0 Å². The number of benzene rings is 2. The van der Waals surface area contributed by atoms with Gasteiger partial charge < -0.3 is 10.4 Å². The highest BCUT2D eigenvalue weighted by Gasteiger charge is 2.41. The van der Waals surface area contributed by atoms with Crippen molar-refractivity contribution in [3.8, 4) is 5.75 Å². The molecule has 1 atom stereocenters. The van der Waals surface area contributed by atoms with Crippen molar-refractivity contribution in [1.29, 1.82) is 0 Å². The third kappa shape index (κ3) is 2.53. The molecule has 0 aromatic heterocycles. The van der Waals surface area contributed by atoms with Crippen LogP contribution in [0.25, 0.3) is 10.8 Å². The fourth-order valence-electron chi connectivity index (χ4n) is 3.57. The molecule has 0 bridgehead atoms. The first kappa shape index (κ1) is 13.1. The van der Waals surface area contributed by atoms with E-state index >= 15 is 0 Å². The summed E-state index contributed by atoms with van der Waals surface area (Å²) in [5, 5.41) is 16.5. The number of nitrogens with one attached hydrogen (secondary N) is 1. The lowest BCUT2D eigenvalue weighted by atomic mass is 9.99. The Morgan fingerprint density at radius 3 is 2.33 bits per heavy atom. The highest BCUT2D eigenvalue weighted by molar-refractivity contribution is 5.89. The van der Waals surface area contributed by atoms with Crippen LogP contribution in [0.4, 0.5) is 0 Å². The third-order valence-electron chi connectivity index (χ3n) is 5.10. The fraction of sp³-hybridized carbons (Fsp3) is 0.474. The molecule has 2 aliphatic rings. The van der Waals surface area contributed by atoms with Crippen molar-refractivity contribution in [2.24, 2.45) is 11.8 Å². The van der Waals surface area contributed by atoms with Crippen LogP contribution >= 0.6 is 0 Å². The first-order valence-corrected chi connectivity index (χ1v) is 8.20. The normalized spacial score (nSPS) is 20.1. The van der Waals surface area contributed by atoms with Gasteiger partial charge in [0, 0.05) is 23.0 Å². The average molecular weight is 281 g/mol. The molecular formula is C19H23NO. The Hall–Kier alpha value is -1.54. The van der Waals surface area contributed by atoms with Crippen molar-refractivity contribution in [3.63, 3.8) is 0 Å². The summed E-state index contributed by atoms with van der Waals surface area (Å²) in [4.78, 5) is 0. The van der Waals surface area contributed by atoms with Gasteiger partial charge in [-0.05, 0) is 49.8 Å². The molecule has 4 rings (SSSR count). The van der Waals surface area contributed by atoms with Gasteiger partial charge in [0.05, 0.1) is 0 Å². The first-order valence-electron chi connectivity index (χ1n) is 8.20. The molecule has 2 aliphatic carbocycles. The minimum Gasteiger partial charge on any atom is -0.507 e. The molecule has 2 fully saturated rings. The number of phenols is 1. The predicted molar refractivity (Wildman–Crippen MR) is 86.4 cm³/mol. The van der Waals surface area contributed by atoms with E-state index in [1.54, 1.807) is 0 Å². The zero-order valence-electron chi connectivity index (χ0n) is 12.5. The van der Waals surface area contributed by atoms with Gasteiger partial charge in [-0.1, -0.05) is 36.4 Å². The van der Waals surface area contributed by atoms with Crippen LogP contribution in [0.1, 0.15) is 44.2 Å². The zero-order valence-corrected chi connectivity index (χ0v) is 12.5. The molecule has 2 N–H and O–H groups in total. The van der Waals surface area contributed by atoms with Crippen LogP contribution in [0.5, 0.6) is 5.75 Å². The second-order valence-corrected chi connectivity index (χ2v) is 6.81. The Morgan fingerprint density at radius 2 is 1.67 bits per heavy atom. The van der Waals surface area contributed by atoms with Gasteiger partial charge in [-0.15, -0.1) is 0 Å². The number of aromatic hydroxyl groups is 1. The predicted octanol–water partition coefficient (Wildman–Crippen LogP) is 4.38. The van der Waals surface area contributed by atoms with E-state index in [1.165, 1.54) is 25.7 Å². The smallest absolute Gasteiger partial charge is 0.128 e. The van der Waals surface area contributed by atoms with Gasteiger partial charge >= 0.3 is 0 Å². The summed E-state index contributed by atoms with van der Waals surface area (Å²) in [6.45, 7) is 2.18. The molecule has 0 saturated heterocycles. The molecule has 0 radical (unpaired) electrons. The van der Waals surface area contributed by atoms with Crippen LogP contribution in [-0.2, 0) is 0 Å². The number of rotatable bonds is 5. The maximum atomic E-state index is 10.6. The Balaban J connectivity index is 1.61. The number of hydrogen-bond acceptors (Lipinski definition) is 2. The molecule has 2 saturated carbocycles. The molecule has 1 unspecified atom stereocenters. The standard InChI is InChI=1S/C19H23NO/c1-12(20-18(14-6-7-14)15-8-9-15)16-11-10-13-4-2-3-5-17(13)19(16)21/h2-5,10-12,14-15,18,20-21H,6-9H2,1H3. The Morgan fingerprint density at radius 1 is 1.00 bits per heavy atom. The van der Waals surface area contributed by atoms with E-state index in [4.69, 9.17) is 0 Å². The van der Waals surface area contributed by atoms with Gasteiger partial charge in [-0.3, -0.25) is 0 Å². The quantitative estimate of drug-likeness (QED) is 0.852. The van der Waals surface area contributed by atoms with Gasteiger partial charge in [0.25, 0.3) is 0 Å². The zero-order chi connectivity index (χ0) is 14.4. The molecular weight excluding hydrogens is 258 g/mol. The second kappa shape index (κ2) is 5.03.